The zero-order valence-electron chi connectivity index (χ0n) is 17.9. The summed E-state index contributed by atoms with van der Waals surface area (Å²) in [5.74, 6) is -3.72. The van der Waals surface area contributed by atoms with Crippen molar-refractivity contribution in [2.24, 2.45) is 17.8 Å². The number of hydrogen-bond donors (Lipinski definition) is 3. The molecule has 3 aromatic heterocycles. The molecule has 0 saturated heterocycles. The first-order valence-corrected chi connectivity index (χ1v) is 10.7. The van der Waals surface area contributed by atoms with Gasteiger partial charge >= 0.3 is 12.1 Å². The van der Waals surface area contributed by atoms with Gasteiger partial charge in [-0.25, -0.2) is 19.3 Å². The predicted octanol–water partition coefficient (Wildman–Crippen LogP) is 5.12. The third-order valence-corrected chi connectivity index (χ3v) is 6.51. The van der Waals surface area contributed by atoms with Gasteiger partial charge in [0, 0.05) is 29.4 Å². The van der Waals surface area contributed by atoms with E-state index in [1.54, 1.807) is 0 Å². The Kier molecular flexibility index (Phi) is 5.98. The molecule has 0 aromatic carbocycles. The number of anilines is 1. The van der Waals surface area contributed by atoms with Crippen molar-refractivity contribution < 1.29 is 27.5 Å². The molecule has 4 rings (SSSR count). The fraction of sp³-hybridized carbons (Fsp3) is 0.455. The zero-order valence-corrected chi connectivity index (χ0v) is 17.9. The molecule has 1 fully saturated rings. The molecule has 7 nitrogen and oxygen atoms in total. The maximum Gasteiger partial charge on any atom is 0.418 e. The molecular formula is C22H23F4N5O2. The minimum absolute atomic E-state index is 0.0693. The Morgan fingerprint density at radius 2 is 2.09 bits per heavy atom. The molecule has 1 aliphatic carbocycles. The summed E-state index contributed by atoms with van der Waals surface area (Å²) in [7, 11) is 0. The van der Waals surface area contributed by atoms with Crippen LogP contribution in [0, 0.1) is 23.6 Å². The molecule has 1 aliphatic rings. The number of carbonyl (C=O) groups is 1. The van der Waals surface area contributed by atoms with E-state index in [0.717, 1.165) is 6.42 Å². The summed E-state index contributed by atoms with van der Waals surface area (Å²) in [6, 6.07) is -0.273. The number of carboxylic acids is 1. The van der Waals surface area contributed by atoms with Crippen molar-refractivity contribution in [3.8, 4) is 11.3 Å². The first-order chi connectivity index (χ1) is 15.6. The SMILES string of the molecule is CCC1CCC(C)[C@H](C(=O)O)[C@H]1Nc1nc(-c2c[nH]c3ncncc23)c(C(F)(F)F)cc1F. The van der Waals surface area contributed by atoms with Crippen molar-refractivity contribution in [2.45, 2.75) is 45.3 Å². The maximum atomic E-state index is 14.9. The van der Waals surface area contributed by atoms with E-state index in [1.165, 1.54) is 18.7 Å². The van der Waals surface area contributed by atoms with Crippen LogP contribution in [0.3, 0.4) is 0 Å². The summed E-state index contributed by atoms with van der Waals surface area (Å²) in [5.41, 5.74) is -1.35. The Morgan fingerprint density at radius 1 is 1.33 bits per heavy atom. The van der Waals surface area contributed by atoms with Gasteiger partial charge in [-0.2, -0.15) is 13.2 Å². The van der Waals surface area contributed by atoms with Crippen LogP contribution in [0.15, 0.2) is 24.8 Å². The number of halogens is 4. The van der Waals surface area contributed by atoms with Gasteiger partial charge in [0.2, 0.25) is 0 Å². The molecular weight excluding hydrogens is 442 g/mol. The van der Waals surface area contributed by atoms with E-state index in [4.69, 9.17) is 0 Å². The normalized spacial score (nSPS) is 23.6. The highest BCUT2D eigenvalue weighted by atomic mass is 19.4. The maximum absolute atomic E-state index is 14.9. The fourth-order valence-corrected chi connectivity index (χ4v) is 4.77. The zero-order chi connectivity index (χ0) is 23.9. The van der Waals surface area contributed by atoms with Crippen molar-refractivity contribution in [3.05, 3.63) is 36.2 Å². The number of carboxylic acid groups (broad SMARTS) is 1. The average Bonchev–Trinajstić information content (AvgIpc) is 3.18. The monoisotopic (exact) mass is 465 g/mol. The second-order valence-electron chi connectivity index (χ2n) is 8.46. The molecule has 1 saturated carbocycles. The van der Waals surface area contributed by atoms with Crippen molar-refractivity contribution in [2.75, 3.05) is 5.32 Å². The lowest BCUT2D eigenvalue weighted by molar-refractivity contribution is -0.146. The van der Waals surface area contributed by atoms with E-state index >= 15 is 0 Å². The molecule has 2 unspecified atom stereocenters. The van der Waals surface area contributed by atoms with Gasteiger partial charge in [-0.3, -0.25) is 4.79 Å². The summed E-state index contributed by atoms with van der Waals surface area (Å²) in [6.45, 7) is 3.72. The lowest BCUT2D eigenvalue weighted by Crippen LogP contribution is -2.47. The van der Waals surface area contributed by atoms with Crippen LogP contribution in [-0.2, 0) is 11.0 Å². The molecule has 3 heterocycles. The van der Waals surface area contributed by atoms with Crippen molar-refractivity contribution in [3.63, 3.8) is 0 Å². The Hall–Kier alpha value is -3.24. The van der Waals surface area contributed by atoms with Gasteiger partial charge in [0.15, 0.2) is 11.6 Å². The predicted molar refractivity (Wildman–Crippen MR) is 113 cm³/mol. The van der Waals surface area contributed by atoms with Gasteiger partial charge in [-0.1, -0.05) is 20.3 Å². The lowest BCUT2D eigenvalue weighted by Gasteiger charge is -2.40. The minimum Gasteiger partial charge on any atom is -0.481 e. The van der Waals surface area contributed by atoms with Gasteiger partial charge < -0.3 is 15.4 Å². The summed E-state index contributed by atoms with van der Waals surface area (Å²) in [6.07, 6.45) is 1.13. The smallest absolute Gasteiger partial charge is 0.418 e. The molecule has 176 valence electrons. The first kappa shape index (κ1) is 22.9. The van der Waals surface area contributed by atoms with E-state index in [-0.39, 0.29) is 17.4 Å². The second-order valence-corrected chi connectivity index (χ2v) is 8.46. The molecule has 33 heavy (non-hydrogen) atoms. The number of H-pyrrole nitrogens is 1. The van der Waals surface area contributed by atoms with Crippen LogP contribution in [-0.4, -0.2) is 37.1 Å². The average molecular weight is 465 g/mol. The fourth-order valence-electron chi connectivity index (χ4n) is 4.77. The molecule has 0 radical (unpaired) electrons. The number of nitrogens with one attached hydrogen (secondary N) is 2. The summed E-state index contributed by atoms with van der Waals surface area (Å²) in [5, 5.41) is 13.0. The Labute approximate surface area is 186 Å². The van der Waals surface area contributed by atoms with Crippen molar-refractivity contribution in [1.29, 1.82) is 0 Å². The van der Waals surface area contributed by atoms with E-state index < -0.39 is 47.0 Å². The Bertz CT molecular complexity index is 1180. The van der Waals surface area contributed by atoms with Crippen LogP contribution in [0.5, 0.6) is 0 Å². The number of alkyl halides is 3. The first-order valence-electron chi connectivity index (χ1n) is 10.7. The molecule has 0 spiro atoms. The van der Waals surface area contributed by atoms with E-state index in [0.29, 0.717) is 29.9 Å². The standard InChI is InChI=1S/C22H23F4N5O2/c1-3-11-5-4-10(2)16(21(32)33)17(11)30-20-15(23)6-14(22(24,25)26)18(31-20)12-8-28-19-13(12)7-27-9-29-19/h6-11,16-17H,3-5H2,1-2H3,(H,30,31)(H,32,33)(H,27,28,29)/t10?,11?,16-,17-/m0/s1. The highest BCUT2D eigenvalue weighted by Crippen LogP contribution is 2.41. The topological polar surface area (TPSA) is 104 Å². The molecule has 0 bridgehead atoms. The van der Waals surface area contributed by atoms with Gasteiger partial charge in [-0.15, -0.1) is 0 Å². The second kappa shape index (κ2) is 8.60. The largest absolute Gasteiger partial charge is 0.481 e. The summed E-state index contributed by atoms with van der Waals surface area (Å²) < 4.78 is 56.3. The minimum atomic E-state index is -4.87. The third-order valence-electron chi connectivity index (χ3n) is 6.51. The molecule has 3 aromatic rings. The number of aliphatic carboxylic acids is 1. The highest BCUT2D eigenvalue weighted by Gasteiger charge is 2.42. The van der Waals surface area contributed by atoms with Crippen LogP contribution >= 0.6 is 0 Å². The number of pyridine rings is 1. The number of fused-ring (bicyclic) bond motifs is 1. The number of rotatable bonds is 5. The van der Waals surface area contributed by atoms with Crippen LogP contribution < -0.4 is 5.32 Å². The van der Waals surface area contributed by atoms with Gasteiger partial charge in [0.05, 0.1) is 17.2 Å². The molecule has 0 aliphatic heterocycles. The summed E-state index contributed by atoms with van der Waals surface area (Å²) in [4.78, 5) is 26.6. The Morgan fingerprint density at radius 3 is 2.76 bits per heavy atom. The van der Waals surface area contributed by atoms with Gasteiger partial charge in [0.1, 0.15) is 12.0 Å². The quantitative estimate of drug-likeness (QED) is 0.452. The highest BCUT2D eigenvalue weighted by molar-refractivity contribution is 5.93. The van der Waals surface area contributed by atoms with Crippen LogP contribution in [0.25, 0.3) is 22.3 Å². The molecule has 3 N–H and O–H groups in total. The van der Waals surface area contributed by atoms with E-state index in [1.807, 2.05) is 13.8 Å². The van der Waals surface area contributed by atoms with Crippen LogP contribution in [0.1, 0.15) is 38.7 Å². The van der Waals surface area contributed by atoms with Gasteiger partial charge in [0.25, 0.3) is 0 Å². The number of aromatic amines is 1. The third kappa shape index (κ3) is 4.23. The van der Waals surface area contributed by atoms with Crippen molar-refractivity contribution in [1.82, 2.24) is 19.9 Å². The number of aromatic nitrogens is 4. The van der Waals surface area contributed by atoms with Gasteiger partial charge in [-0.05, 0) is 30.7 Å². The molecule has 0 amide bonds. The van der Waals surface area contributed by atoms with Crippen LogP contribution in [0.2, 0.25) is 0 Å². The number of hydrogen-bond acceptors (Lipinski definition) is 5. The Balaban J connectivity index is 1.84. The van der Waals surface area contributed by atoms with E-state index in [9.17, 15) is 27.5 Å². The number of nitrogens with zero attached hydrogens (tertiary/aromatic N) is 3. The molecule has 11 heteroatoms. The van der Waals surface area contributed by atoms with E-state index in [2.05, 4.69) is 25.3 Å². The van der Waals surface area contributed by atoms with Crippen molar-refractivity contribution >= 4 is 22.8 Å². The molecule has 4 atom stereocenters. The summed E-state index contributed by atoms with van der Waals surface area (Å²) >= 11 is 0. The van der Waals surface area contributed by atoms with Crippen LogP contribution in [0.4, 0.5) is 23.4 Å². The lowest BCUT2D eigenvalue weighted by atomic mass is 9.70.